The number of nitrogens with zero attached hydrogens (tertiary/aromatic N) is 1. The lowest BCUT2D eigenvalue weighted by molar-refractivity contribution is -0.128. The summed E-state index contributed by atoms with van der Waals surface area (Å²) in [6.07, 6.45) is 6.96. The van der Waals surface area contributed by atoms with E-state index in [1.807, 2.05) is 6.07 Å². The summed E-state index contributed by atoms with van der Waals surface area (Å²) in [5.41, 5.74) is 0. The van der Waals surface area contributed by atoms with E-state index in [0.717, 1.165) is 38.5 Å². The monoisotopic (exact) mass is 293 g/mol. The molecule has 1 unspecified atom stereocenters. The normalized spacial score (nSPS) is 20.1. The number of carbonyl (C=O) groups is 2. The number of carbonyl (C=O) groups excluding carboxylic acids is 2. The predicted octanol–water partition coefficient (Wildman–Crippen LogP) is 1.71. The van der Waals surface area contributed by atoms with Gasteiger partial charge in [-0.05, 0) is 31.6 Å². The summed E-state index contributed by atoms with van der Waals surface area (Å²) in [5, 5.41) is 13.9. The van der Waals surface area contributed by atoms with E-state index in [1.54, 1.807) is 0 Å². The van der Waals surface area contributed by atoms with Crippen molar-refractivity contribution in [1.29, 1.82) is 5.26 Å². The average Bonchev–Trinajstić information content (AvgIpc) is 3.30. The fraction of sp³-hybridized carbons (Fsp3) is 0.800. The number of nitrogens with one attached hydrogen (secondary N) is 2. The van der Waals surface area contributed by atoms with E-state index in [0.29, 0.717) is 0 Å². The lowest BCUT2D eigenvalue weighted by Crippen LogP contribution is -2.40. The third kappa shape index (κ3) is 5.25. The second kappa shape index (κ2) is 7.87. The molecule has 2 fully saturated rings. The highest BCUT2D eigenvalue weighted by atomic mass is 16.5. The molecule has 0 aliphatic heterocycles. The van der Waals surface area contributed by atoms with Gasteiger partial charge >= 0.3 is 6.09 Å². The molecule has 0 spiro atoms. The fourth-order valence-electron chi connectivity index (χ4n) is 2.82. The van der Waals surface area contributed by atoms with E-state index in [9.17, 15) is 9.59 Å². The van der Waals surface area contributed by atoms with Crippen LogP contribution < -0.4 is 10.6 Å². The number of hydrogen-bond acceptors (Lipinski definition) is 4. The first kappa shape index (κ1) is 15.6. The lowest BCUT2D eigenvalue weighted by Gasteiger charge is -2.28. The maximum atomic E-state index is 12.2. The van der Waals surface area contributed by atoms with Gasteiger partial charge in [0.1, 0.15) is 13.2 Å². The molecule has 21 heavy (non-hydrogen) atoms. The van der Waals surface area contributed by atoms with Crippen molar-refractivity contribution in [2.45, 2.75) is 51.0 Å². The number of hydrogen-bond donors (Lipinski definition) is 2. The summed E-state index contributed by atoms with van der Waals surface area (Å²) in [4.78, 5) is 23.8. The third-order valence-electron chi connectivity index (χ3n) is 4.19. The summed E-state index contributed by atoms with van der Waals surface area (Å²) in [6.45, 7) is 0.0941. The maximum absolute atomic E-state index is 12.2. The van der Waals surface area contributed by atoms with Crippen LogP contribution in [0.2, 0.25) is 0 Å². The largest absolute Gasteiger partial charge is 0.449 e. The van der Waals surface area contributed by atoms with E-state index in [1.165, 1.54) is 6.42 Å². The fourth-order valence-corrected chi connectivity index (χ4v) is 2.82. The minimum Gasteiger partial charge on any atom is -0.449 e. The molecule has 6 heteroatoms. The molecule has 0 heterocycles. The van der Waals surface area contributed by atoms with Crippen molar-refractivity contribution in [2.75, 3.05) is 13.2 Å². The molecule has 0 radical (unpaired) electrons. The van der Waals surface area contributed by atoms with Crippen LogP contribution in [0.15, 0.2) is 0 Å². The Bertz CT molecular complexity index is 409. The molecule has 2 saturated carbocycles. The third-order valence-corrected chi connectivity index (χ3v) is 4.19. The molecule has 1 atom stereocenters. The van der Waals surface area contributed by atoms with Crippen molar-refractivity contribution in [2.24, 2.45) is 11.8 Å². The average molecular weight is 293 g/mol. The highest BCUT2D eigenvalue weighted by Gasteiger charge is 2.31. The summed E-state index contributed by atoms with van der Waals surface area (Å²) in [5.74, 6) is -0.280. The van der Waals surface area contributed by atoms with Gasteiger partial charge in [-0.25, -0.2) is 4.79 Å². The molecule has 0 aromatic carbocycles. The van der Waals surface area contributed by atoms with Crippen LogP contribution >= 0.6 is 0 Å². The Labute approximate surface area is 125 Å². The highest BCUT2D eigenvalue weighted by Crippen LogP contribution is 2.30. The number of amides is 2. The van der Waals surface area contributed by atoms with Crippen LogP contribution in [0.5, 0.6) is 0 Å². The molecule has 2 amide bonds. The molecule has 0 saturated heterocycles. The zero-order valence-electron chi connectivity index (χ0n) is 12.3. The van der Waals surface area contributed by atoms with E-state index >= 15 is 0 Å². The Morgan fingerprint density at radius 1 is 1.19 bits per heavy atom. The molecule has 0 aromatic heterocycles. The zero-order chi connectivity index (χ0) is 15.1. The Morgan fingerprint density at radius 2 is 1.90 bits per heavy atom. The predicted molar refractivity (Wildman–Crippen MR) is 76.2 cm³/mol. The van der Waals surface area contributed by atoms with Gasteiger partial charge < -0.3 is 15.4 Å². The van der Waals surface area contributed by atoms with Gasteiger partial charge in [-0.2, -0.15) is 5.26 Å². The maximum Gasteiger partial charge on any atom is 0.407 e. The summed E-state index contributed by atoms with van der Waals surface area (Å²) in [7, 11) is 0. The van der Waals surface area contributed by atoms with Gasteiger partial charge in [0.05, 0.1) is 12.0 Å². The minimum absolute atomic E-state index is 0.00365. The standard InChI is InChI=1S/C15H23N3O3/c16-8-9-17-14(19)13(11-4-2-1-3-5-11)10-21-15(20)18-12-6-7-12/h11-13H,1-7,9-10H2,(H,17,19)(H,18,20). The number of alkyl carbamates (subject to hydrolysis) is 1. The smallest absolute Gasteiger partial charge is 0.407 e. The Hall–Kier alpha value is -1.77. The first-order valence-electron chi connectivity index (χ1n) is 7.78. The van der Waals surface area contributed by atoms with Crippen LogP contribution in [-0.4, -0.2) is 31.2 Å². The van der Waals surface area contributed by atoms with Crippen molar-refractivity contribution in [1.82, 2.24) is 10.6 Å². The van der Waals surface area contributed by atoms with Gasteiger partial charge in [0.15, 0.2) is 0 Å². The van der Waals surface area contributed by atoms with Crippen molar-refractivity contribution in [3.63, 3.8) is 0 Å². The van der Waals surface area contributed by atoms with Crippen LogP contribution in [0, 0.1) is 23.2 Å². The Morgan fingerprint density at radius 3 is 2.52 bits per heavy atom. The molecule has 2 aliphatic rings. The minimum atomic E-state index is -0.439. The summed E-state index contributed by atoms with van der Waals surface area (Å²) < 4.78 is 5.22. The first-order valence-corrected chi connectivity index (χ1v) is 7.78. The Kier molecular flexibility index (Phi) is 5.85. The topological polar surface area (TPSA) is 91.2 Å². The molecule has 6 nitrogen and oxygen atoms in total. The second-order valence-electron chi connectivity index (χ2n) is 5.90. The van der Waals surface area contributed by atoms with Crippen molar-refractivity contribution in [3.8, 4) is 6.07 Å². The van der Waals surface area contributed by atoms with Gasteiger partial charge in [0, 0.05) is 6.04 Å². The van der Waals surface area contributed by atoms with E-state index < -0.39 is 6.09 Å². The van der Waals surface area contributed by atoms with Crippen molar-refractivity contribution >= 4 is 12.0 Å². The number of rotatable bonds is 6. The van der Waals surface area contributed by atoms with Crippen LogP contribution in [0.25, 0.3) is 0 Å². The molecular weight excluding hydrogens is 270 g/mol. The molecule has 0 aromatic rings. The Balaban J connectivity index is 1.85. The highest BCUT2D eigenvalue weighted by molar-refractivity contribution is 5.79. The van der Waals surface area contributed by atoms with E-state index in [2.05, 4.69) is 10.6 Å². The molecule has 2 N–H and O–H groups in total. The van der Waals surface area contributed by atoms with Crippen molar-refractivity contribution in [3.05, 3.63) is 0 Å². The second-order valence-corrected chi connectivity index (χ2v) is 5.90. The van der Waals surface area contributed by atoms with Crippen LogP contribution in [0.3, 0.4) is 0 Å². The summed E-state index contributed by atoms with van der Waals surface area (Å²) >= 11 is 0. The first-order chi connectivity index (χ1) is 10.2. The quantitative estimate of drug-likeness (QED) is 0.729. The SMILES string of the molecule is N#CCNC(=O)C(COC(=O)NC1CC1)C1CCCCC1. The van der Waals surface area contributed by atoms with Crippen molar-refractivity contribution < 1.29 is 14.3 Å². The van der Waals surface area contributed by atoms with Gasteiger partial charge in [-0.3, -0.25) is 4.79 Å². The van der Waals surface area contributed by atoms with Gasteiger partial charge in [-0.1, -0.05) is 19.3 Å². The van der Waals surface area contributed by atoms with Crippen LogP contribution in [0.4, 0.5) is 4.79 Å². The summed E-state index contributed by atoms with van der Waals surface area (Å²) in [6, 6.07) is 2.15. The number of nitriles is 1. The zero-order valence-corrected chi connectivity index (χ0v) is 12.3. The molecular formula is C15H23N3O3. The van der Waals surface area contributed by atoms with Gasteiger partial charge in [-0.15, -0.1) is 0 Å². The molecule has 0 bridgehead atoms. The number of ether oxygens (including phenoxy) is 1. The van der Waals surface area contributed by atoms with Crippen LogP contribution in [0.1, 0.15) is 44.9 Å². The van der Waals surface area contributed by atoms with E-state index in [4.69, 9.17) is 10.00 Å². The van der Waals surface area contributed by atoms with Gasteiger partial charge in [0.2, 0.25) is 5.91 Å². The molecule has 2 aliphatic carbocycles. The van der Waals surface area contributed by atoms with Gasteiger partial charge in [0.25, 0.3) is 0 Å². The molecule has 2 rings (SSSR count). The van der Waals surface area contributed by atoms with E-state index in [-0.39, 0.29) is 36.9 Å². The molecule has 116 valence electrons. The lowest BCUT2D eigenvalue weighted by atomic mass is 9.80. The van der Waals surface area contributed by atoms with Crippen LogP contribution in [-0.2, 0) is 9.53 Å².